The molecule has 0 aliphatic carbocycles. The third kappa shape index (κ3) is 4.34. The molecule has 1 amide bonds. The van der Waals surface area contributed by atoms with Crippen LogP contribution in [0.2, 0.25) is 0 Å². The van der Waals surface area contributed by atoms with E-state index in [-0.39, 0.29) is 5.91 Å². The number of thioether (sulfide) groups is 1. The maximum absolute atomic E-state index is 12.2. The summed E-state index contributed by atoms with van der Waals surface area (Å²) in [6.07, 6.45) is 3.74. The molecule has 5 heteroatoms. The van der Waals surface area contributed by atoms with E-state index in [0.717, 1.165) is 6.54 Å². The molecule has 1 fully saturated rings. The molecule has 2 rings (SSSR count). The first-order valence-corrected chi connectivity index (χ1v) is 8.17. The number of hydrogen-bond donors (Lipinski definition) is 2. The second-order valence-electron chi connectivity index (χ2n) is 4.92. The summed E-state index contributed by atoms with van der Waals surface area (Å²) in [6, 6.07) is 5.16. The van der Waals surface area contributed by atoms with Crippen molar-refractivity contribution in [2.24, 2.45) is 0 Å². The number of ether oxygens (including phenoxy) is 1. The maximum atomic E-state index is 12.2. The van der Waals surface area contributed by atoms with Crippen molar-refractivity contribution in [2.45, 2.75) is 31.4 Å². The Morgan fingerprint density at radius 3 is 3.00 bits per heavy atom. The van der Waals surface area contributed by atoms with Gasteiger partial charge in [0.2, 0.25) is 0 Å². The topological polar surface area (TPSA) is 64.3 Å². The number of nitrogen functional groups attached to an aromatic ring is 1. The molecule has 0 aromatic heterocycles. The van der Waals surface area contributed by atoms with Crippen molar-refractivity contribution < 1.29 is 9.53 Å². The summed E-state index contributed by atoms with van der Waals surface area (Å²) in [6.45, 7) is 3.19. The fourth-order valence-corrected chi connectivity index (χ4v) is 3.52. The van der Waals surface area contributed by atoms with E-state index in [4.69, 9.17) is 10.5 Å². The molecule has 1 aliphatic rings. The lowest BCUT2D eigenvalue weighted by Crippen LogP contribution is -2.31. The molecule has 1 heterocycles. The summed E-state index contributed by atoms with van der Waals surface area (Å²) < 4.78 is 5.41. The van der Waals surface area contributed by atoms with Crippen LogP contribution in [0.3, 0.4) is 0 Å². The predicted octanol–water partition coefficient (Wildman–Crippen LogP) is 2.68. The van der Waals surface area contributed by atoms with Crippen molar-refractivity contribution in [2.75, 3.05) is 24.6 Å². The molecule has 1 aromatic carbocycles. The molecule has 3 N–H and O–H groups in total. The Morgan fingerprint density at radius 2 is 2.30 bits per heavy atom. The van der Waals surface area contributed by atoms with E-state index in [9.17, 15) is 4.79 Å². The van der Waals surface area contributed by atoms with Crippen molar-refractivity contribution in [3.63, 3.8) is 0 Å². The summed E-state index contributed by atoms with van der Waals surface area (Å²) in [7, 11) is 0. The molecule has 1 aliphatic heterocycles. The summed E-state index contributed by atoms with van der Waals surface area (Å²) in [4.78, 5) is 12.2. The van der Waals surface area contributed by atoms with Gasteiger partial charge in [0.15, 0.2) is 0 Å². The minimum absolute atomic E-state index is 0.0792. The lowest BCUT2D eigenvalue weighted by atomic mass is 10.1. The Hall–Kier alpha value is -1.36. The molecular formula is C15H22N2O2S. The Kier molecular flexibility index (Phi) is 5.59. The van der Waals surface area contributed by atoms with E-state index >= 15 is 0 Å². The van der Waals surface area contributed by atoms with Gasteiger partial charge >= 0.3 is 0 Å². The van der Waals surface area contributed by atoms with Crippen molar-refractivity contribution in [1.29, 1.82) is 0 Å². The molecule has 0 saturated carbocycles. The van der Waals surface area contributed by atoms with Crippen LogP contribution in [-0.2, 0) is 0 Å². The van der Waals surface area contributed by atoms with Gasteiger partial charge in [0.1, 0.15) is 5.75 Å². The first kappa shape index (κ1) is 15.0. The van der Waals surface area contributed by atoms with E-state index in [2.05, 4.69) is 5.32 Å². The monoisotopic (exact) mass is 294 g/mol. The number of nitrogens with two attached hydrogens (primary N) is 1. The number of anilines is 1. The number of carbonyl (C=O) groups is 1. The molecule has 1 aromatic rings. The lowest BCUT2D eigenvalue weighted by molar-refractivity contribution is 0.0953. The summed E-state index contributed by atoms with van der Waals surface area (Å²) in [5.41, 5.74) is 6.92. The standard InChI is InChI=1S/C15H22N2O2S/c1-2-19-13-8-11(7-12(16)9-13)15(18)17-10-14-5-3-4-6-20-14/h7-9,14H,2-6,10,16H2,1H3,(H,17,18). The average molecular weight is 294 g/mol. The molecule has 1 unspecified atom stereocenters. The highest BCUT2D eigenvalue weighted by molar-refractivity contribution is 7.99. The number of amides is 1. The zero-order valence-electron chi connectivity index (χ0n) is 11.9. The highest BCUT2D eigenvalue weighted by atomic mass is 32.2. The van der Waals surface area contributed by atoms with E-state index < -0.39 is 0 Å². The van der Waals surface area contributed by atoms with Gasteiger partial charge in [0, 0.05) is 29.1 Å². The average Bonchev–Trinajstić information content (AvgIpc) is 2.45. The van der Waals surface area contributed by atoms with Gasteiger partial charge in [-0.15, -0.1) is 0 Å². The highest BCUT2D eigenvalue weighted by Crippen LogP contribution is 2.24. The van der Waals surface area contributed by atoms with Gasteiger partial charge in [-0.25, -0.2) is 0 Å². The zero-order valence-corrected chi connectivity index (χ0v) is 12.7. The molecule has 110 valence electrons. The molecule has 0 radical (unpaired) electrons. The van der Waals surface area contributed by atoms with Crippen LogP contribution >= 0.6 is 11.8 Å². The number of carbonyl (C=O) groups excluding carboxylic acids is 1. The third-order valence-electron chi connectivity index (χ3n) is 3.27. The fraction of sp³-hybridized carbons (Fsp3) is 0.533. The van der Waals surface area contributed by atoms with Gasteiger partial charge < -0.3 is 15.8 Å². The molecule has 0 spiro atoms. The van der Waals surface area contributed by atoms with Crippen LogP contribution in [0, 0.1) is 0 Å². The second-order valence-corrected chi connectivity index (χ2v) is 6.33. The van der Waals surface area contributed by atoms with Gasteiger partial charge in [-0.05, 0) is 37.7 Å². The van der Waals surface area contributed by atoms with Crippen LogP contribution < -0.4 is 15.8 Å². The van der Waals surface area contributed by atoms with Crippen LogP contribution in [-0.4, -0.2) is 30.1 Å². The fourth-order valence-electron chi connectivity index (χ4n) is 2.28. The van der Waals surface area contributed by atoms with Gasteiger partial charge in [-0.1, -0.05) is 6.42 Å². The van der Waals surface area contributed by atoms with Crippen molar-refractivity contribution in [3.8, 4) is 5.75 Å². The first-order chi connectivity index (χ1) is 9.69. The molecule has 1 atom stereocenters. The van der Waals surface area contributed by atoms with Crippen LogP contribution in [0.15, 0.2) is 18.2 Å². The number of rotatable bonds is 5. The highest BCUT2D eigenvalue weighted by Gasteiger charge is 2.15. The summed E-state index contributed by atoms with van der Waals surface area (Å²) >= 11 is 1.95. The smallest absolute Gasteiger partial charge is 0.251 e. The quantitative estimate of drug-likeness (QED) is 0.820. The minimum Gasteiger partial charge on any atom is -0.494 e. The third-order valence-corrected chi connectivity index (χ3v) is 4.66. The van der Waals surface area contributed by atoms with Crippen molar-refractivity contribution >= 4 is 23.4 Å². The summed E-state index contributed by atoms with van der Waals surface area (Å²) in [5.74, 6) is 1.77. The Bertz CT molecular complexity index is 459. The SMILES string of the molecule is CCOc1cc(N)cc(C(=O)NCC2CCCCS2)c1. The Morgan fingerprint density at radius 1 is 1.45 bits per heavy atom. The normalized spacial score (nSPS) is 18.6. The van der Waals surface area contributed by atoms with Crippen LogP contribution in [0.1, 0.15) is 36.5 Å². The lowest BCUT2D eigenvalue weighted by Gasteiger charge is -2.21. The second kappa shape index (κ2) is 7.43. The van der Waals surface area contributed by atoms with Gasteiger partial charge in [0.25, 0.3) is 5.91 Å². The van der Waals surface area contributed by atoms with Crippen LogP contribution in [0.5, 0.6) is 5.75 Å². The number of hydrogen-bond acceptors (Lipinski definition) is 4. The molecule has 0 bridgehead atoms. The van der Waals surface area contributed by atoms with Gasteiger partial charge in [0.05, 0.1) is 6.61 Å². The van der Waals surface area contributed by atoms with Gasteiger partial charge in [-0.3, -0.25) is 4.79 Å². The maximum Gasteiger partial charge on any atom is 0.251 e. The first-order valence-electron chi connectivity index (χ1n) is 7.12. The largest absolute Gasteiger partial charge is 0.494 e. The van der Waals surface area contributed by atoms with E-state index in [1.165, 1.54) is 25.0 Å². The van der Waals surface area contributed by atoms with Gasteiger partial charge in [-0.2, -0.15) is 11.8 Å². The predicted molar refractivity (Wildman–Crippen MR) is 84.5 cm³/mol. The minimum atomic E-state index is -0.0792. The molecule has 20 heavy (non-hydrogen) atoms. The molecule has 1 saturated heterocycles. The number of benzene rings is 1. The van der Waals surface area contributed by atoms with Crippen molar-refractivity contribution in [1.82, 2.24) is 5.32 Å². The van der Waals surface area contributed by atoms with Crippen LogP contribution in [0.4, 0.5) is 5.69 Å². The number of nitrogens with one attached hydrogen (secondary N) is 1. The molecule has 4 nitrogen and oxygen atoms in total. The zero-order chi connectivity index (χ0) is 14.4. The van der Waals surface area contributed by atoms with Crippen LogP contribution in [0.25, 0.3) is 0 Å². The molecular weight excluding hydrogens is 272 g/mol. The Labute approximate surface area is 124 Å². The van der Waals surface area contributed by atoms with Crippen molar-refractivity contribution in [3.05, 3.63) is 23.8 Å². The van der Waals surface area contributed by atoms with E-state index in [1.807, 2.05) is 18.7 Å². The summed E-state index contributed by atoms with van der Waals surface area (Å²) in [5, 5.41) is 3.54. The van der Waals surface area contributed by atoms with E-state index in [1.54, 1.807) is 18.2 Å². The Balaban J connectivity index is 1.93. The van der Waals surface area contributed by atoms with E-state index in [0.29, 0.717) is 28.9 Å².